The van der Waals surface area contributed by atoms with E-state index in [2.05, 4.69) is 6.92 Å². The van der Waals surface area contributed by atoms with Crippen LogP contribution in [0, 0.1) is 0 Å². The summed E-state index contributed by atoms with van der Waals surface area (Å²) < 4.78 is 11.2. The Hall–Kier alpha value is -1.97. The molecule has 4 heteroatoms. The van der Waals surface area contributed by atoms with Crippen LogP contribution < -0.4 is 9.47 Å². The molecule has 1 rings (SSSR count). The van der Waals surface area contributed by atoms with E-state index in [9.17, 15) is 4.79 Å². The van der Waals surface area contributed by atoms with Crippen molar-refractivity contribution in [1.29, 1.82) is 0 Å². The summed E-state index contributed by atoms with van der Waals surface area (Å²) in [6, 6.07) is 5.46. The van der Waals surface area contributed by atoms with Gasteiger partial charge in [-0.2, -0.15) is 0 Å². The van der Waals surface area contributed by atoms with Crippen LogP contribution in [0.1, 0.15) is 102 Å². The lowest BCUT2D eigenvalue weighted by Gasteiger charge is -2.11. The number of aliphatic carboxylic acids is 1. The van der Waals surface area contributed by atoms with Crippen molar-refractivity contribution in [2.24, 2.45) is 0 Å². The van der Waals surface area contributed by atoms with Crippen LogP contribution in [0.25, 0.3) is 6.08 Å². The highest BCUT2D eigenvalue weighted by molar-refractivity contribution is 5.85. The lowest BCUT2D eigenvalue weighted by Crippen LogP contribution is -1.99. The zero-order chi connectivity index (χ0) is 21.9. The number of hydrogen-bond donors (Lipinski definition) is 1. The van der Waals surface area contributed by atoms with Gasteiger partial charge in [0.25, 0.3) is 0 Å². The van der Waals surface area contributed by atoms with Gasteiger partial charge < -0.3 is 14.6 Å². The molecule has 0 aromatic heterocycles. The first-order valence-corrected chi connectivity index (χ1v) is 11.9. The molecule has 1 aromatic rings. The van der Waals surface area contributed by atoms with Gasteiger partial charge in [-0.1, -0.05) is 96.5 Å². The molecule has 0 radical (unpaired) electrons. The number of benzene rings is 1. The predicted octanol–water partition coefficient (Wildman–Crippen LogP) is 7.65. The predicted molar refractivity (Wildman–Crippen MR) is 125 cm³/mol. The van der Waals surface area contributed by atoms with E-state index in [1.807, 2.05) is 12.1 Å². The van der Waals surface area contributed by atoms with Crippen LogP contribution in [0.5, 0.6) is 11.5 Å². The molecule has 0 amide bonds. The Morgan fingerprint density at radius 2 is 1.37 bits per heavy atom. The van der Waals surface area contributed by atoms with E-state index < -0.39 is 5.97 Å². The fourth-order valence-corrected chi connectivity index (χ4v) is 3.55. The molecule has 0 unspecified atom stereocenters. The molecular formula is C26H42O4. The topological polar surface area (TPSA) is 55.8 Å². The Morgan fingerprint density at radius 3 is 1.87 bits per heavy atom. The lowest BCUT2D eigenvalue weighted by molar-refractivity contribution is -0.131. The first-order valence-electron chi connectivity index (χ1n) is 11.9. The van der Waals surface area contributed by atoms with Crippen LogP contribution in [0.3, 0.4) is 0 Å². The first-order chi connectivity index (χ1) is 14.7. The quantitative estimate of drug-likeness (QED) is 0.185. The van der Waals surface area contributed by atoms with Gasteiger partial charge in [0, 0.05) is 6.08 Å². The summed E-state index contributed by atoms with van der Waals surface area (Å²) in [5.74, 6) is 0.375. The number of hydrogen-bond acceptors (Lipinski definition) is 3. The van der Waals surface area contributed by atoms with E-state index in [0.29, 0.717) is 18.1 Å². The summed E-state index contributed by atoms with van der Waals surface area (Å²) in [7, 11) is 1.60. The van der Waals surface area contributed by atoms with Gasteiger partial charge in [0.05, 0.1) is 13.7 Å². The molecule has 170 valence electrons. The number of carboxylic acids is 1. The number of rotatable bonds is 19. The van der Waals surface area contributed by atoms with Crippen LogP contribution in [-0.2, 0) is 4.79 Å². The maximum atomic E-state index is 10.6. The smallest absolute Gasteiger partial charge is 0.328 e. The summed E-state index contributed by atoms with van der Waals surface area (Å²) in [6.45, 7) is 2.95. The standard InChI is InChI=1S/C26H42O4/c1-3-4-5-6-7-8-9-10-11-12-13-14-15-16-21-30-24-19-17-23(18-20-26(27)28)22-25(24)29-2/h17-20,22H,3-16,21H2,1-2H3,(H,27,28)/b20-18+. The molecule has 0 aliphatic carbocycles. The summed E-state index contributed by atoms with van der Waals surface area (Å²) >= 11 is 0. The minimum Gasteiger partial charge on any atom is -0.493 e. The van der Waals surface area contributed by atoms with Gasteiger partial charge in [-0.05, 0) is 30.2 Å². The van der Waals surface area contributed by atoms with Crippen LogP contribution >= 0.6 is 0 Å². The molecule has 0 heterocycles. The molecule has 0 saturated carbocycles. The van der Waals surface area contributed by atoms with Crippen LogP contribution in [-0.4, -0.2) is 24.8 Å². The third kappa shape index (κ3) is 13.3. The van der Waals surface area contributed by atoms with Gasteiger partial charge in [0.1, 0.15) is 0 Å². The van der Waals surface area contributed by atoms with Gasteiger partial charge in [-0.3, -0.25) is 0 Å². The van der Waals surface area contributed by atoms with Gasteiger partial charge in [0.2, 0.25) is 0 Å². The molecule has 0 bridgehead atoms. The van der Waals surface area contributed by atoms with Gasteiger partial charge >= 0.3 is 5.97 Å². The fourth-order valence-electron chi connectivity index (χ4n) is 3.55. The maximum absolute atomic E-state index is 10.6. The Balaban J connectivity index is 2.03. The third-order valence-electron chi connectivity index (χ3n) is 5.36. The highest BCUT2D eigenvalue weighted by Crippen LogP contribution is 2.28. The van der Waals surface area contributed by atoms with Crippen molar-refractivity contribution in [2.45, 2.75) is 96.8 Å². The number of methoxy groups -OCH3 is 1. The lowest BCUT2D eigenvalue weighted by atomic mass is 10.0. The Bertz CT molecular complexity index is 595. The highest BCUT2D eigenvalue weighted by atomic mass is 16.5. The molecule has 0 saturated heterocycles. The van der Waals surface area contributed by atoms with Crippen LogP contribution in [0.2, 0.25) is 0 Å². The molecular weight excluding hydrogens is 376 g/mol. The second-order valence-corrected chi connectivity index (χ2v) is 8.03. The summed E-state index contributed by atoms with van der Waals surface area (Å²) in [5.41, 5.74) is 0.776. The summed E-state index contributed by atoms with van der Waals surface area (Å²) in [6.07, 6.45) is 21.5. The Labute approximate surface area is 183 Å². The largest absolute Gasteiger partial charge is 0.493 e. The van der Waals surface area contributed by atoms with Gasteiger partial charge in [0.15, 0.2) is 11.5 Å². The van der Waals surface area contributed by atoms with Gasteiger partial charge in [-0.25, -0.2) is 4.79 Å². The average molecular weight is 419 g/mol. The monoisotopic (exact) mass is 418 g/mol. The molecule has 0 aliphatic rings. The molecule has 4 nitrogen and oxygen atoms in total. The minimum absolute atomic E-state index is 0.632. The van der Waals surface area contributed by atoms with Crippen molar-refractivity contribution in [3.05, 3.63) is 29.8 Å². The van der Waals surface area contributed by atoms with Crippen molar-refractivity contribution in [3.8, 4) is 11.5 Å². The first kappa shape index (κ1) is 26.1. The summed E-state index contributed by atoms with van der Waals surface area (Å²) in [5, 5.41) is 8.72. The summed E-state index contributed by atoms with van der Waals surface area (Å²) in [4.78, 5) is 10.6. The molecule has 0 spiro atoms. The molecule has 0 aliphatic heterocycles. The molecule has 1 N–H and O–H groups in total. The molecule has 1 aromatic carbocycles. The van der Waals surface area contributed by atoms with Crippen LogP contribution in [0.4, 0.5) is 0 Å². The second kappa shape index (κ2) is 17.9. The number of carboxylic acid groups (broad SMARTS) is 1. The number of unbranched alkanes of at least 4 members (excludes halogenated alkanes) is 13. The SMILES string of the molecule is CCCCCCCCCCCCCCCCOc1ccc(/C=C/C(=O)O)cc1OC. The highest BCUT2D eigenvalue weighted by Gasteiger charge is 2.05. The second-order valence-electron chi connectivity index (χ2n) is 8.03. The van der Waals surface area contributed by atoms with Crippen molar-refractivity contribution in [2.75, 3.05) is 13.7 Å². The van der Waals surface area contributed by atoms with E-state index >= 15 is 0 Å². The zero-order valence-corrected chi connectivity index (χ0v) is 19.2. The fraction of sp³-hybridized carbons (Fsp3) is 0.654. The molecule has 0 fully saturated rings. The molecule has 30 heavy (non-hydrogen) atoms. The minimum atomic E-state index is -0.966. The van der Waals surface area contributed by atoms with Crippen LogP contribution in [0.15, 0.2) is 24.3 Å². The third-order valence-corrected chi connectivity index (χ3v) is 5.36. The number of ether oxygens (including phenoxy) is 2. The van der Waals surface area contributed by atoms with E-state index in [1.54, 1.807) is 19.3 Å². The van der Waals surface area contributed by atoms with Crippen molar-refractivity contribution in [1.82, 2.24) is 0 Å². The van der Waals surface area contributed by atoms with Crippen molar-refractivity contribution >= 4 is 12.0 Å². The zero-order valence-electron chi connectivity index (χ0n) is 19.2. The van der Waals surface area contributed by atoms with E-state index in [0.717, 1.165) is 18.1 Å². The van der Waals surface area contributed by atoms with Gasteiger partial charge in [-0.15, -0.1) is 0 Å². The van der Waals surface area contributed by atoms with E-state index in [1.165, 1.54) is 83.5 Å². The Morgan fingerprint density at radius 1 is 0.833 bits per heavy atom. The van der Waals surface area contributed by atoms with Crippen molar-refractivity contribution < 1.29 is 19.4 Å². The average Bonchev–Trinajstić information content (AvgIpc) is 2.75. The molecule has 0 atom stereocenters. The van der Waals surface area contributed by atoms with Crippen molar-refractivity contribution in [3.63, 3.8) is 0 Å². The normalized spacial score (nSPS) is 11.1. The number of carbonyl (C=O) groups is 1. The Kier molecular flexibility index (Phi) is 15.5. The van der Waals surface area contributed by atoms with E-state index in [4.69, 9.17) is 14.6 Å². The maximum Gasteiger partial charge on any atom is 0.328 e. The van der Waals surface area contributed by atoms with E-state index in [-0.39, 0.29) is 0 Å².